The molecule has 21 heavy (non-hydrogen) atoms. The Morgan fingerprint density at radius 2 is 1.95 bits per heavy atom. The maximum absolute atomic E-state index is 11.8. The first-order chi connectivity index (χ1) is 10.0. The van der Waals surface area contributed by atoms with Gasteiger partial charge in [-0.1, -0.05) is 12.1 Å². The zero-order valence-corrected chi connectivity index (χ0v) is 11.8. The van der Waals surface area contributed by atoms with Gasteiger partial charge in [0, 0.05) is 0 Å². The van der Waals surface area contributed by atoms with E-state index in [0.29, 0.717) is 5.75 Å². The molecular formula is C14H16N2O5. The summed E-state index contributed by atoms with van der Waals surface area (Å²) < 4.78 is 10.7. The lowest BCUT2D eigenvalue weighted by Crippen LogP contribution is -2.17. The fourth-order valence-electron chi connectivity index (χ4n) is 1.91. The number of nitrogens with zero attached hydrogens (tertiary/aromatic N) is 1. The van der Waals surface area contributed by atoms with Crippen LogP contribution in [0.25, 0.3) is 0 Å². The second kappa shape index (κ2) is 6.17. The Balaban J connectivity index is 2.23. The van der Waals surface area contributed by atoms with Crippen molar-refractivity contribution in [3.63, 3.8) is 0 Å². The molecule has 0 saturated heterocycles. The van der Waals surface area contributed by atoms with Gasteiger partial charge in [-0.2, -0.15) is 0 Å². The van der Waals surface area contributed by atoms with Crippen molar-refractivity contribution in [2.45, 2.75) is 13.0 Å². The average molecular weight is 292 g/mol. The van der Waals surface area contributed by atoms with Gasteiger partial charge in [0.2, 0.25) is 5.88 Å². The maximum atomic E-state index is 11.8. The second-order valence-electron chi connectivity index (χ2n) is 4.42. The zero-order valence-electron chi connectivity index (χ0n) is 11.8. The highest BCUT2D eigenvalue weighted by atomic mass is 16.5. The van der Waals surface area contributed by atoms with Gasteiger partial charge in [-0.05, 0) is 17.7 Å². The number of imidazole rings is 1. The second-order valence-corrected chi connectivity index (χ2v) is 4.42. The number of nitrogens with one attached hydrogen (secondary N) is 1. The molecule has 0 bridgehead atoms. The predicted octanol–water partition coefficient (Wildman–Crippen LogP) is 0.654. The van der Waals surface area contributed by atoms with Gasteiger partial charge in [-0.25, -0.2) is 4.79 Å². The Morgan fingerprint density at radius 1 is 1.29 bits per heavy atom. The monoisotopic (exact) mass is 292 g/mol. The smallest absolute Gasteiger partial charge is 0.328 e. The third-order valence-electron chi connectivity index (χ3n) is 3.08. The molecule has 0 radical (unpaired) electrons. The third-order valence-corrected chi connectivity index (χ3v) is 3.08. The Kier molecular flexibility index (Phi) is 4.32. The topological polar surface area (TPSA) is 93.6 Å². The number of carbonyl (C=O) groups excluding carboxylic acids is 1. The van der Waals surface area contributed by atoms with E-state index >= 15 is 0 Å². The molecule has 2 rings (SSSR count). The fourth-order valence-corrected chi connectivity index (χ4v) is 1.91. The molecule has 0 aliphatic carbocycles. The quantitative estimate of drug-likeness (QED) is 0.789. The summed E-state index contributed by atoms with van der Waals surface area (Å²) in [5.41, 5.74) is 0.472. The van der Waals surface area contributed by atoms with Crippen LogP contribution >= 0.6 is 0 Å². The van der Waals surface area contributed by atoms with Gasteiger partial charge >= 0.3 is 11.7 Å². The van der Waals surface area contributed by atoms with Crippen molar-refractivity contribution in [1.29, 1.82) is 0 Å². The van der Waals surface area contributed by atoms with Crippen LogP contribution in [-0.4, -0.2) is 34.8 Å². The highest BCUT2D eigenvalue weighted by molar-refractivity contribution is 5.72. The van der Waals surface area contributed by atoms with Gasteiger partial charge in [0.25, 0.3) is 0 Å². The van der Waals surface area contributed by atoms with E-state index in [1.807, 2.05) is 0 Å². The number of H-pyrrole nitrogens is 1. The van der Waals surface area contributed by atoms with E-state index in [2.05, 4.69) is 9.72 Å². The number of aromatic hydroxyl groups is 1. The molecule has 0 fully saturated rings. The standard InChI is InChI=1S/C14H16N2O5/c1-20-10-5-3-9(4-6-10)8-16-13(18)11(15-14(16)19)7-12(17)21-2/h3-6,18H,7-8H2,1-2H3,(H,15,19). The number of methoxy groups -OCH3 is 2. The summed E-state index contributed by atoms with van der Waals surface area (Å²) in [6, 6.07) is 7.11. The molecule has 7 nitrogen and oxygen atoms in total. The van der Waals surface area contributed by atoms with E-state index in [1.54, 1.807) is 31.4 Å². The summed E-state index contributed by atoms with van der Waals surface area (Å²) in [7, 11) is 2.81. The molecule has 0 aliphatic heterocycles. The van der Waals surface area contributed by atoms with Gasteiger partial charge in [0.1, 0.15) is 5.75 Å². The first-order valence-corrected chi connectivity index (χ1v) is 6.25. The van der Waals surface area contributed by atoms with E-state index in [1.165, 1.54) is 7.11 Å². The van der Waals surface area contributed by atoms with E-state index in [9.17, 15) is 14.7 Å². The van der Waals surface area contributed by atoms with Crippen molar-refractivity contribution in [3.8, 4) is 11.6 Å². The normalized spacial score (nSPS) is 10.4. The summed E-state index contributed by atoms with van der Waals surface area (Å²) in [6.07, 6.45) is -0.187. The van der Waals surface area contributed by atoms with E-state index in [4.69, 9.17) is 4.74 Å². The molecule has 0 spiro atoms. The van der Waals surface area contributed by atoms with Crippen LogP contribution in [0.4, 0.5) is 0 Å². The van der Waals surface area contributed by atoms with Crippen LogP contribution in [0.3, 0.4) is 0 Å². The minimum Gasteiger partial charge on any atom is -0.497 e. The van der Waals surface area contributed by atoms with Crippen LogP contribution in [0.5, 0.6) is 11.6 Å². The summed E-state index contributed by atoms with van der Waals surface area (Å²) in [5.74, 6) is -0.0971. The molecule has 0 saturated carbocycles. The lowest BCUT2D eigenvalue weighted by atomic mass is 10.2. The third kappa shape index (κ3) is 3.25. The molecule has 2 N–H and O–H groups in total. The molecule has 0 atom stereocenters. The Bertz CT molecular complexity index is 684. The van der Waals surface area contributed by atoms with Crippen molar-refractivity contribution >= 4 is 5.97 Å². The first kappa shape index (κ1) is 14.7. The predicted molar refractivity (Wildman–Crippen MR) is 74.5 cm³/mol. The number of hydrogen-bond acceptors (Lipinski definition) is 5. The lowest BCUT2D eigenvalue weighted by molar-refractivity contribution is -0.139. The van der Waals surface area contributed by atoms with Crippen LogP contribution < -0.4 is 10.4 Å². The van der Waals surface area contributed by atoms with Crippen molar-refractivity contribution in [3.05, 3.63) is 46.0 Å². The lowest BCUT2D eigenvalue weighted by Gasteiger charge is -2.05. The van der Waals surface area contributed by atoms with Crippen molar-refractivity contribution in [2.75, 3.05) is 14.2 Å². The maximum Gasteiger partial charge on any atom is 0.328 e. The number of esters is 1. The van der Waals surface area contributed by atoms with Crippen LogP contribution in [0.2, 0.25) is 0 Å². The van der Waals surface area contributed by atoms with Gasteiger partial charge in [-0.3, -0.25) is 9.36 Å². The van der Waals surface area contributed by atoms with Crippen molar-refractivity contribution in [2.24, 2.45) is 0 Å². The SMILES string of the molecule is COC(=O)Cc1[nH]c(=O)n(Cc2ccc(OC)cc2)c1O. The van der Waals surface area contributed by atoms with Crippen LogP contribution in [0.1, 0.15) is 11.3 Å². The molecule has 0 aliphatic rings. The Labute approximate surface area is 120 Å². The highest BCUT2D eigenvalue weighted by Crippen LogP contribution is 2.17. The molecule has 2 aromatic rings. The highest BCUT2D eigenvalue weighted by Gasteiger charge is 2.16. The van der Waals surface area contributed by atoms with E-state index < -0.39 is 11.7 Å². The molecule has 1 aromatic carbocycles. The summed E-state index contributed by atoms with van der Waals surface area (Å²) in [5, 5.41) is 10.0. The van der Waals surface area contributed by atoms with Crippen LogP contribution in [0.15, 0.2) is 29.1 Å². The van der Waals surface area contributed by atoms with Gasteiger partial charge in [-0.15, -0.1) is 0 Å². The number of hydrogen-bond donors (Lipinski definition) is 2. The fraction of sp³-hybridized carbons (Fsp3) is 0.286. The largest absolute Gasteiger partial charge is 0.497 e. The zero-order chi connectivity index (χ0) is 15.4. The van der Waals surface area contributed by atoms with E-state index in [-0.39, 0.29) is 24.5 Å². The Hall–Kier alpha value is -2.70. The summed E-state index contributed by atoms with van der Waals surface area (Å²) >= 11 is 0. The minimum atomic E-state index is -0.539. The molecule has 0 amide bonds. The summed E-state index contributed by atoms with van der Waals surface area (Å²) in [6.45, 7) is 0.187. The van der Waals surface area contributed by atoms with Crippen molar-refractivity contribution < 1.29 is 19.4 Å². The van der Waals surface area contributed by atoms with E-state index in [0.717, 1.165) is 10.1 Å². The number of benzene rings is 1. The Morgan fingerprint density at radius 3 is 2.52 bits per heavy atom. The van der Waals surface area contributed by atoms with Gasteiger partial charge in [0.15, 0.2) is 0 Å². The molecule has 1 aromatic heterocycles. The van der Waals surface area contributed by atoms with Crippen LogP contribution in [-0.2, 0) is 22.5 Å². The molecule has 7 heteroatoms. The molecule has 112 valence electrons. The van der Waals surface area contributed by atoms with Crippen molar-refractivity contribution in [1.82, 2.24) is 9.55 Å². The summed E-state index contributed by atoms with van der Waals surface area (Å²) in [4.78, 5) is 25.5. The minimum absolute atomic E-state index is 0.139. The number of carbonyl (C=O) groups is 1. The number of aromatic amines is 1. The first-order valence-electron chi connectivity index (χ1n) is 6.25. The molecule has 1 heterocycles. The van der Waals surface area contributed by atoms with Gasteiger partial charge < -0.3 is 19.6 Å². The number of aromatic nitrogens is 2. The van der Waals surface area contributed by atoms with Crippen LogP contribution in [0, 0.1) is 0 Å². The average Bonchev–Trinajstić information content (AvgIpc) is 2.75. The number of rotatable bonds is 5. The van der Waals surface area contributed by atoms with Gasteiger partial charge in [0.05, 0.1) is 32.9 Å². The molecule has 0 unspecified atom stereocenters. The number of ether oxygens (including phenoxy) is 2. The molecular weight excluding hydrogens is 276 g/mol.